The molecule has 0 amide bonds. The Kier molecular flexibility index (Phi) is 2.79. The number of nitriles is 1. The second-order valence-electron chi connectivity index (χ2n) is 3.05. The monoisotopic (exact) mass is 258 g/mol. The zero-order chi connectivity index (χ0) is 10.7. The van der Waals surface area contributed by atoms with Gasteiger partial charge in [0.1, 0.15) is 0 Å². The summed E-state index contributed by atoms with van der Waals surface area (Å²) in [5.41, 5.74) is 2.46. The first-order chi connectivity index (χ1) is 7.29. The van der Waals surface area contributed by atoms with Gasteiger partial charge in [0.25, 0.3) is 0 Å². The highest BCUT2D eigenvalue weighted by atomic mass is 79.9. The largest absolute Gasteiger partial charge is 0.256 e. The fourth-order valence-electron chi connectivity index (χ4n) is 1.31. The molecule has 0 atom stereocenters. The molecule has 0 fully saturated rings. The number of halogens is 1. The highest BCUT2D eigenvalue weighted by Gasteiger charge is 2.00. The Labute approximate surface area is 96.3 Å². The van der Waals surface area contributed by atoms with Crippen LogP contribution in [0, 0.1) is 11.3 Å². The van der Waals surface area contributed by atoms with Crippen LogP contribution in [0.1, 0.15) is 5.56 Å². The molecule has 1 aromatic carbocycles. The fourth-order valence-corrected chi connectivity index (χ4v) is 1.65. The van der Waals surface area contributed by atoms with Crippen LogP contribution in [0.3, 0.4) is 0 Å². The third kappa shape index (κ3) is 2.23. The predicted molar refractivity (Wildman–Crippen MR) is 62.1 cm³/mol. The second kappa shape index (κ2) is 4.24. The summed E-state index contributed by atoms with van der Waals surface area (Å²) in [5, 5.41) is 8.78. The molecule has 15 heavy (non-hydrogen) atoms. The molecule has 0 aliphatic heterocycles. The van der Waals surface area contributed by atoms with E-state index in [2.05, 4.69) is 27.0 Å². The molecule has 3 heteroatoms. The van der Waals surface area contributed by atoms with E-state index in [1.54, 1.807) is 12.3 Å². The minimum atomic E-state index is 0.647. The molecule has 1 aromatic heterocycles. The van der Waals surface area contributed by atoms with Crippen molar-refractivity contribution in [1.29, 1.82) is 5.26 Å². The first-order valence-corrected chi connectivity index (χ1v) is 5.21. The molecule has 0 unspecified atom stereocenters. The Bertz CT molecular complexity index is 529. The van der Waals surface area contributed by atoms with Gasteiger partial charge in [-0.1, -0.05) is 28.1 Å². The molecular weight excluding hydrogens is 252 g/mol. The average Bonchev–Trinajstić information content (AvgIpc) is 2.29. The molecule has 0 saturated heterocycles. The van der Waals surface area contributed by atoms with Crippen molar-refractivity contribution >= 4 is 15.9 Å². The highest BCUT2D eigenvalue weighted by Crippen LogP contribution is 2.21. The van der Waals surface area contributed by atoms with Crippen LogP contribution in [0.4, 0.5) is 0 Å². The zero-order valence-electron chi connectivity index (χ0n) is 7.81. The summed E-state index contributed by atoms with van der Waals surface area (Å²) >= 11 is 3.39. The lowest BCUT2D eigenvalue weighted by Crippen LogP contribution is -1.83. The summed E-state index contributed by atoms with van der Waals surface area (Å²) in [6.45, 7) is 0. The van der Waals surface area contributed by atoms with Crippen molar-refractivity contribution < 1.29 is 0 Å². The fraction of sp³-hybridized carbons (Fsp3) is 0. The van der Waals surface area contributed by atoms with Crippen LogP contribution in [0.15, 0.2) is 47.1 Å². The van der Waals surface area contributed by atoms with Gasteiger partial charge < -0.3 is 0 Å². The highest BCUT2D eigenvalue weighted by molar-refractivity contribution is 9.10. The molecule has 2 rings (SSSR count). The van der Waals surface area contributed by atoms with Gasteiger partial charge in [0, 0.05) is 16.2 Å². The molecule has 2 aromatic rings. The third-order valence-corrected chi connectivity index (χ3v) is 2.50. The van der Waals surface area contributed by atoms with Gasteiger partial charge in [0.2, 0.25) is 0 Å². The van der Waals surface area contributed by atoms with Gasteiger partial charge in [-0.3, -0.25) is 4.98 Å². The van der Waals surface area contributed by atoms with Gasteiger partial charge in [0.05, 0.1) is 17.3 Å². The van der Waals surface area contributed by atoms with Crippen molar-refractivity contribution in [3.8, 4) is 17.3 Å². The van der Waals surface area contributed by atoms with Gasteiger partial charge in [-0.25, -0.2) is 0 Å². The van der Waals surface area contributed by atoms with Crippen LogP contribution in [0.25, 0.3) is 11.3 Å². The van der Waals surface area contributed by atoms with E-state index in [0.717, 1.165) is 15.7 Å². The number of hydrogen-bond acceptors (Lipinski definition) is 2. The van der Waals surface area contributed by atoms with Crippen molar-refractivity contribution in [2.45, 2.75) is 0 Å². The molecule has 0 N–H and O–H groups in total. The van der Waals surface area contributed by atoms with Crippen LogP contribution in [-0.2, 0) is 0 Å². The third-order valence-electron chi connectivity index (χ3n) is 2.01. The van der Waals surface area contributed by atoms with E-state index in [-0.39, 0.29) is 0 Å². The number of aromatic nitrogens is 1. The van der Waals surface area contributed by atoms with Crippen LogP contribution in [-0.4, -0.2) is 4.98 Å². The summed E-state index contributed by atoms with van der Waals surface area (Å²) in [7, 11) is 0. The van der Waals surface area contributed by atoms with Crippen molar-refractivity contribution in [3.05, 3.63) is 52.6 Å². The van der Waals surface area contributed by atoms with E-state index in [1.807, 2.05) is 30.3 Å². The molecular formula is C12H7BrN2. The quantitative estimate of drug-likeness (QED) is 0.787. The van der Waals surface area contributed by atoms with Crippen LogP contribution >= 0.6 is 15.9 Å². The smallest absolute Gasteiger partial charge is 0.0991 e. The topological polar surface area (TPSA) is 36.7 Å². The zero-order valence-corrected chi connectivity index (χ0v) is 9.40. The number of hydrogen-bond donors (Lipinski definition) is 0. The maximum atomic E-state index is 8.78. The molecule has 0 bridgehead atoms. The maximum absolute atomic E-state index is 8.78. The van der Waals surface area contributed by atoms with Gasteiger partial charge in [-0.2, -0.15) is 5.26 Å². The minimum absolute atomic E-state index is 0.647. The molecule has 0 aliphatic rings. The summed E-state index contributed by atoms with van der Waals surface area (Å²) < 4.78 is 0.981. The summed E-state index contributed by atoms with van der Waals surface area (Å²) in [5.74, 6) is 0. The summed E-state index contributed by atoms with van der Waals surface area (Å²) in [4.78, 5) is 4.25. The second-order valence-corrected chi connectivity index (χ2v) is 3.97. The van der Waals surface area contributed by atoms with E-state index in [1.165, 1.54) is 0 Å². The molecule has 0 radical (unpaired) electrons. The first-order valence-electron chi connectivity index (χ1n) is 4.42. The van der Waals surface area contributed by atoms with E-state index in [9.17, 15) is 0 Å². The standard InChI is InChI=1S/C12H7BrN2/c13-11-4-5-15-12(7-11)10-3-1-2-9(6-10)8-14/h1-7H. The summed E-state index contributed by atoms with van der Waals surface area (Å²) in [6.07, 6.45) is 1.73. The predicted octanol–water partition coefficient (Wildman–Crippen LogP) is 3.38. The van der Waals surface area contributed by atoms with Crippen LogP contribution in [0.2, 0.25) is 0 Å². The molecule has 1 heterocycles. The molecule has 0 saturated carbocycles. The Hall–Kier alpha value is -1.66. The van der Waals surface area contributed by atoms with Crippen molar-refractivity contribution in [2.24, 2.45) is 0 Å². The molecule has 0 aliphatic carbocycles. The van der Waals surface area contributed by atoms with E-state index >= 15 is 0 Å². The molecule has 2 nitrogen and oxygen atoms in total. The summed E-state index contributed by atoms with van der Waals surface area (Å²) in [6, 6.07) is 13.3. The lowest BCUT2D eigenvalue weighted by atomic mass is 10.1. The number of benzene rings is 1. The maximum Gasteiger partial charge on any atom is 0.0991 e. The van der Waals surface area contributed by atoms with Crippen molar-refractivity contribution in [3.63, 3.8) is 0 Å². The first kappa shape index (κ1) is 9.88. The van der Waals surface area contributed by atoms with E-state index in [4.69, 9.17) is 5.26 Å². The van der Waals surface area contributed by atoms with Crippen LogP contribution in [0.5, 0.6) is 0 Å². The average molecular weight is 259 g/mol. The lowest BCUT2D eigenvalue weighted by Gasteiger charge is -2.01. The van der Waals surface area contributed by atoms with E-state index in [0.29, 0.717) is 5.56 Å². The molecule has 72 valence electrons. The van der Waals surface area contributed by atoms with Gasteiger partial charge in [-0.15, -0.1) is 0 Å². The Morgan fingerprint density at radius 2 is 2.07 bits per heavy atom. The van der Waals surface area contributed by atoms with Gasteiger partial charge in [0.15, 0.2) is 0 Å². The van der Waals surface area contributed by atoms with Crippen LogP contribution < -0.4 is 0 Å². The molecule has 0 spiro atoms. The minimum Gasteiger partial charge on any atom is -0.256 e. The normalized spacial score (nSPS) is 9.60. The number of rotatable bonds is 1. The lowest BCUT2D eigenvalue weighted by molar-refractivity contribution is 1.31. The Morgan fingerprint density at radius 1 is 1.20 bits per heavy atom. The van der Waals surface area contributed by atoms with Crippen molar-refractivity contribution in [2.75, 3.05) is 0 Å². The Morgan fingerprint density at radius 3 is 2.80 bits per heavy atom. The van der Waals surface area contributed by atoms with Crippen molar-refractivity contribution in [1.82, 2.24) is 4.98 Å². The number of pyridine rings is 1. The van der Waals surface area contributed by atoms with E-state index < -0.39 is 0 Å². The van der Waals surface area contributed by atoms with Gasteiger partial charge >= 0.3 is 0 Å². The van der Waals surface area contributed by atoms with Gasteiger partial charge in [-0.05, 0) is 24.3 Å². The SMILES string of the molecule is N#Cc1cccc(-c2cc(Br)ccn2)c1. The Balaban J connectivity index is 2.50. The number of nitrogens with zero attached hydrogens (tertiary/aromatic N) is 2.